The first-order chi connectivity index (χ1) is 8.29. The zero-order valence-corrected chi connectivity index (χ0v) is 12.3. The molecule has 1 N–H and O–H groups in total. The molecule has 0 bridgehead atoms. The molecule has 0 aromatic carbocycles. The van der Waals surface area contributed by atoms with Gasteiger partial charge in [-0.3, -0.25) is 10.00 Å². The third-order valence-electron chi connectivity index (χ3n) is 3.07. The van der Waals surface area contributed by atoms with E-state index >= 15 is 0 Å². The third kappa shape index (κ3) is 3.33. The van der Waals surface area contributed by atoms with E-state index in [1.54, 1.807) is 4.68 Å². The highest BCUT2D eigenvalue weighted by molar-refractivity contribution is 5.31. The summed E-state index contributed by atoms with van der Waals surface area (Å²) in [5.41, 5.74) is 1.93. The molecule has 0 spiro atoms. The summed E-state index contributed by atoms with van der Waals surface area (Å²) in [6, 6.07) is 2.38. The van der Waals surface area contributed by atoms with Crippen LogP contribution in [0.15, 0.2) is 6.20 Å². The van der Waals surface area contributed by atoms with E-state index in [0.717, 1.165) is 17.7 Å². The molecule has 0 saturated carbocycles. The molecule has 4 heteroatoms. The topological polar surface area (TPSA) is 53.6 Å². The van der Waals surface area contributed by atoms with E-state index in [1.807, 2.05) is 13.2 Å². The van der Waals surface area contributed by atoms with Gasteiger partial charge in [-0.25, -0.2) is 0 Å². The molecular formula is C14H24N4. The van der Waals surface area contributed by atoms with Gasteiger partial charge in [0, 0.05) is 30.3 Å². The first-order valence-corrected chi connectivity index (χ1v) is 6.49. The van der Waals surface area contributed by atoms with Gasteiger partial charge in [0.05, 0.1) is 11.8 Å². The van der Waals surface area contributed by atoms with Gasteiger partial charge in [-0.2, -0.15) is 10.4 Å². The number of aryl methyl sites for hydroxylation is 1. The summed E-state index contributed by atoms with van der Waals surface area (Å²) < 4.78 is 1.79. The minimum Gasteiger partial charge on any atom is -0.296 e. The second-order valence-corrected chi connectivity index (χ2v) is 5.89. The number of nitriles is 1. The van der Waals surface area contributed by atoms with Crippen LogP contribution in [0.1, 0.15) is 58.3 Å². The first-order valence-electron chi connectivity index (χ1n) is 6.49. The van der Waals surface area contributed by atoms with Crippen LogP contribution in [-0.2, 0) is 12.5 Å². The largest absolute Gasteiger partial charge is 0.296 e. The SMILES string of the molecule is CCC(C)NC(C#N)c1cn(C)nc1C(C)(C)C. The second-order valence-electron chi connectivity index (χ2n) is 5.89. The van der Waals surface area contributed by atoms with E-state index in [9.17, 15) is 5.26 Å². The lowest BCUT2D eigenvalue weighted by Gasteiger charge is -2.21. The quantitative estimate of drug-likeness (QED) is 0.891. The maximum atomic E-state index is 9.37. The fourth-order valence-electron chi connectivity index (χ4n) is 1.90. The van der Waals surface area contributed by atoms with Crippen molar-refractivity contribution in [3.8, 4) is 6.07 Å². The van der Waals surface area contributed by atoms with Crippen LogP contribution in [0.3, 0.4) is 0 Å². The van der Waals surface area contributed by atoms with Gasteiger partial charge in [0.2, 0.25) is 0 Å². The number of hydrogen-bond acceptors (Lipinski definition) is 3. The molecule has 0 fully saturated rings. The normalized spacial score (nSPS) is 15.2. The number of rotatable bonds is 4. The van der Waals surface area contributed by atoms with Gasteiger partial charge >= 0.3 is 0 Å². The molecule has 18 heavy (non-hydrogen) atoms. The van der Waals surface area contributed by atoms with Crippen LogP contribution >= 0.6 is 0 Å². The Morgan fingerprint density at radius 2 is 2.11 bits per heavy atom. The zero-order chi connectivity index (χ0) is 13.9. The van der Waals surface area contributed by atoms with Gasteiger partial charge in [0.1, 0.15) is 6.04 Å². The summed E-state index contributed by atoms with van der Waals surface area (Å²) in [6.07, 6.45) is 2.95. The van der Waals surface area contributed by atoms with Crippen LogP contribution < -0.4 is 5.32 Å². The molecule has 0 radical (unpaired) electrons. The molecule has 1 heterocycles. The molecule has 1 aromatic rings. The summed E-state index contributed by atoms with van der Waals surface area (Å²) in [5, 5.41) is 17.2. The molecule has 2 atom stereocenters. The minimum absolute atomic E-state index is 0.0528. The van der Waals surface area contributed by atoms with Gasteiger partial charge in [0.25, 0.3) is 0 Å². The highest BCUT2D eigenvalue weighted by Gasteiger charge is 2.27. The first kappa shape index (κ1) is 14.7. The van der Waals surface area contributed by atoms with E-state index in [2.05, 4.69) is 51.1 Å². The maximum absolute atomic E-state index is 9.37. The zero-order valence-electron chi connectivity index (χ0n) is 12.3. The average molecular weight is 248 g/mol. The average Bonchev–Trinajstić information content (AvgIpc) is 2.67. The summed E-state index contributed by atoms with van der Waals surface area (Å²) in [6.45, 7) is 10.6. The molecule has 4 nitrogen and oxygen atoms in total. The molecule has 1 rings (SSSR count). The van der Waals surface area contributed by atoms with Gasteiger partial charge in [-0.15, -0.1) is 0 Å². The van der Waals surface area contributed by atoms with Crippen molar-refractivity contribution in [2.45, 2.75) is 58.5 Å². The highest BCUT2D eigenvalue weighted by atomic mass is 15.3. The van der Waals surface area contributed by atoms with E-state index in [1.165, 1.54) is 0 Å². The van der Waals surface area contributed by atoms with Crippen molar-refractivity contribution in [3.05, 3.63) is 17.5 Å². The summed E-state index contributed by atoms with van der Waals surface area (Å²) in [5.74, 6) is 0. The van der Waals surface area contributed by atoms with Crippen LogP contribution in [0.2, 0.25) is 0 Å². The smallest absolute Gasteiger partial charge is 0.124 e. The van der Waals surface area contributed by atoms with E-state index < -0.39 is 0 Å². The predicted octanol–water partition coefficient (Wildman–Crippen LogP) is 2.67. The molecule has 0 aliphatic rings. The summed E-state index contributed by atoms with van der Waals surface area (Å²) in [7, 11) is 1.90. The molecule has 0 amide bonds. The lowest BCUT2D eigenvalue weighted by molar-refractivity contribution is 0.487. The molecule has 100 valence electrons. The number of hydrogen-bond donors (Lipinski definition) is 1. The Hall–Kier alpha value is -1.34. The van der Waals surface area contributed by atoms with Crippen LogP contribution in [0.25, 0.3) is 0 Å². The monoisotopic (exact) mass is 248 g/mol. The van der Waals surface area contributed by atoms with Crippen molar-refractivity contribution in [1.82, 2.24) is 15.1 Å². The van der Waals surface area contributed by atoms with Crippen molar-refractivity contribution in [2.24, 2.45) is 7.05 Å². The minimum atomic E-state index is -0.289. The number of nitrogens with zero attached hydrogens (tertiary/aromatic N) is 3. The Balaban J connectivity index is 3.11. The molecule has 2 unspecified atom stereocenters. The number of nitrogens with one attached hydrogen (secondary N) is 1. The molecule has 0 aliphatic carbocycles. The third-order valence-corrected chi connectivity index (χ3v) is 3.07. The Labute approximate surface area is 110 Å². The molecule has 0 saturated heterocycles. The van der Waals surface area contributed by atoms with Gasteiger partial charge in [-0.05, 0) is 13.3 Å². The fraction of sp³-hybridized carbons (Fsp3) is 0.714. The van der Waals surface area contributed by atoms with Crippen molar-refractivity contribution in [1.29, 1.82) is 5.26 Å². The Morgan fingerprint density at radius 3 is 2.56 bits per heavy atom. The van der Waals surface area contributed by atoms with Crippen molar-refractivity contribution in [2.75, 3.05) is 0 Å². The highest BCUT2D eigenvalue weighted by Crippen LogP contribution is 2.28. The lowest BCUT2D eigenvalue weighted by Crippen LogP contribution is -2.30. The van der Waals surface area contributed by atoms with Gasteiger partial charge in [-0.1, -0.05) is 27.7 Å². The Kier molecular flexibility index (Phi) is 4.53. The summed E-state index contributed by atoms with van der Waals surface area (Å²) >= 11 is 0. The Bertz CT molecular complexity index is 434. The van der Waals surface area contributed by atoms with E-state index in [0.29, 0.717) is 6.04 Å². The lowest BCUT2D eigenvalue weighted by atomic mass is 9.87. The number of aromatic nitrogens is 2. The maximum Gasteiger partial charge on any atom is 0.124 e. The van der Waals surface area contributed by atoms with Crippen LogP contribution in [0.5, 0.6) is 0 Å². The van der Waals surface area contributed by atoms with Gasteiger partial charge in [0.15, 0.2) is 0 Å². The van der Waals surface area contributed by atoms with Crippen molar-refractivity contribution >= 4 is 0 Å². The fourth-order valence-corrected chi connectivity index (χ4v) is 1.90. The predicted molar refractivity (Wildman–Crippen MR) is 73.2 cm³/mol. The van der Waals surface area contributed by atoms with Crippen molar-refractivity contribution < 1.29 is 0 Å². The van der Waals surface area contributed by atoms with Crippen LogP contribution in [0.4, 0.5) is 0 Å². The summed E-state index contributed by atoms with van der Waals surface area (Å²) in [4.78, 5) is 0. The van der Waals surface area contributed by atoms with Gasteiger partial charge < -0.3 is 0 Å². The van der Waals surface area contributed by atoms with Crippen LogP contribution in [-0.4, -0.2) is 15.8 Å². The standard InChI is InChI=1S/C14H24N4/c1-7-10(2)16-12(8-15)11-9-18(6)17-13(11)14(3,4)5/h9-10,12,16H,7H2,1-6H3. The Morgan fingerprint density at radius 1 is 1.50 bits per heavy atom. The molecule has 1 aromatic heterocycles. The second kappa shape index (κ2) is 5.53. The van der Waals surface area contributed by atoms with E-state index in [-0.39, 0.29) is 11.5 Å². The van der Waals surface area contributed by atoms with E-state index in [4.69, 9.17) is 0 Å². The molecule has 0 aliphatic heterocycles. The van der Waals surface area contributed by atoms with Crippen LogP contribution in [0, 0.1) is 11.3 Å². The van der Waals surface area contributed by atoms with Crippen molar-refractivity contribution in [3.63, 3.8) is 0 Å². The molecular weight excluding hydrogens is 224 g/mol.